The van der Waals surface area contributed by atoms with E-state index >= 15 is 0 Å². The molecule has 0 aromatic rings. The van der Waals surface area contributed by atoms with Crippen LogP contribution in [0.3, 0.4) is 0 Å². The fraction of sp³-hybridized carbons (Fsp3) is 0. The van der Waals surface area contributed by atoms with Gasteiger partial charge in [-0.1, -0.05) is 0 Å². The SMILES string of the molecule is [Br][La]([Br])([Br])([Br])[Br]. The molecule has 0 radical (unpaired) electrons. The van der Waals surface area contributed by atoms with Crippen molar-refractivity contribution in [2.75, 3.05) is 0 Å². The van der Waals surface area contributed by atoms with Crippen LogP contribution in [0.5, 0.6) is 0 Å². The summed E-state index contributed by atoms with van der Waals surface area (Å²) in [6.07, 6.45) is 0. The molecule has 0 aromatic carbocycles. The first-order valence-corrected chi connectivity index (χ1v) is 41.3. The summed E-state index contributed by atoms with van der Waals surface area (Å²) in [5.41, 5.74) is 0. The van der Waals surface area contributed by atoms with Crippen LogP contribution >= 0.6 is 50.9 Å². The zero-order valence-corrected chi connectivity index (χ0v) is 14.0. The number of hydrogen-bond donors (Lipinski definition) is 0. The normalized spacial score (nSPS) is 15.0. The molecule has 0 saturated heterocycles. The molecule has 0 aromatic heterocycles. The summed E-state index contributed by atoms with van der Waals surface area (Å²) in [4.78, 5) is 0. The van der Waals surface area contributed by atoms with Crippen LogP contribution in [0.2, 0.25) is 0 Å². The maximum absolute atomic E-state index is 3.37. The van der Waals surface area contributed by atoms with Gasteiger partial charge in [-0.15, -0.1) is 0 Å². The Morgan fingerprint density at radius 2 is 0.667 bits per heavy atom. The van der Waals surface area contributed by atoms with Crippen LogP contribution in [0.15, 0.2) is 0 Å². The topological polar surface area (TPSA) is 0 Å². The van der Waals surface area contributed by atoms with Crippen molar-refractivity contribution in [1.82, 2.24) is 0 Å². The Hall–Kier alpha value is 3.59. The Labute approximate surface area is 60.5 Å². The molecule has 0 unspecified atom stereocenters. The summed E-state index contributed by atoms with van der Waals surface area (Å²) < 4.78 is 0. The van der Waals surface area contributed by atoms with Crippen molar-refractivity contribution in [2.24, 2.45) is 0 Å². The van der Waals surface area contributed by atoms with Crippen LogP contribution in [0.1, 0.15) is 0 Å². The van der Waals surface area contributed by atoms with E-state index in [0.717, 1.165) is 0 Å². The molecule has 0 N–H and O–H groups in total. The number of halogens is 5. The van der Waals surface area contributed by atoms with Gasteiger partial charge in [0.25, 0.3) is 0 Å². The van der Waals surface area contributed by atoms with Crippen molar-refractivity contribution in [3.63, 3.8) is 0 Å². The van der Waals surface area contributed by atoms with Crippen LogP contribution in [-0.4, -0.2) is 0 Å². The second-order valence-electron chi connectivity index (χ2n) is 0.825. The van der Waals surface area contributed by atoms with Crippen molar-refractivity contribution in [1.29, 1.82) is 0 Å². The van der Waals surface area contributed by atoms with E-state index in [1.165, 1.54) is 0 Å². The molecule has 0 saturated carbocycles. The van der Waals surface area contributed by atoms with Gasteiger partial charge in [0.05, 0.1) is 0 Å². The Kier molecular flexibility index (Phi) is 4.29. The third-order valence-electron chi connectivity index (χ3n) is 0. The zero-order valence-electron chi connectivity index (χ0n) is 2.47. The summed E-state index contributed by atoms with van der Waals surface area (Å²) >= 11 is -2.84. The van der Waals surface area contributed by atoms with E-state index < -0.39 is 12.1 Å². The zero-order chi connectivity index (χ0) is 5.45. The van der Waals surface area contributed by atoms with Crippen molar-refractivity contribution in [3.8, 4) is 0 Å². The van der Waals surface area contributed by atoms with E-state index in [1.54, 1.807) is 0 Å². The molecule has 0 aliphatic heterocycles. The van der Waals surface area contributed by atoms with Gasteiger partial charge in [-0.3, -0.25) is 0 Å². The summed E-state index contributed by atoms with van der Waals surface area (Å²) in [7, 11) is 16.9. The number of rotatable bonds is 0. The Morgan fingerprint density at radius 1 is 0.667 bits per heavy atom. The van der Waals surface area contributed by atoms with Crippen LogP contribution in [0.25, 0.3) is 0 Å². The minimum atomic E-state index is -2.84. The predicted octanol–water partition coefficient (Wildman–Crippen LogP) is 4.23. The molecule has 6 heteroatoms. The molecule has 0 nitrogen and oxygen atoms in total. The van der Waals surface area contributed by atoms with Gasteiger partial charge in [0.2, 0.25) is 0 Å². The summed E-state index contributed by atoms with van der Waals surface area (Å²) in [6.45, 7) is 0. The average molecular weight is 538 g/mol. The first kappa shape index (κ1) is 9.59. The van der Waals surface area contributed by atoms with Gasteiger partial charge in [0.15, 0.2) is 0 Å². The monoisotopic (exact) mass is 533 g/mol. The van der Waals surface area contributed by atoms with Crippen molar-refractivity contribution in [3.05, 3.63) is 0 Å². The van der Waals surface area contributed by atoms with Gasteiger partial charge in [0.1, 0.15) is 0 Å². The maximum atomic E-state index is 3.37. The minimum absolute atomic E-state index is 2.84. The third kappa shape index (κ3) is 25.6. The fourth-order valence-corrected chi connectivity index (χ4v) is 0. The molecule has 0 fully saturated rings. The standard InChI is InChI=1S/5BrH.La/h5*1H;/q;;;;;+5/p-5. The first-order valence-electron chi connectivity index (χ1n) is 1.09. The van der Waals surface area contributed by atoms with Gasteiger partial charge < -0.3 is 0 Å². The average Bonchev–Trinajstić information content (AvgIpc) is 0.650. The molecule has 0 spiro atoms. The van der Waals surface area contributed by atoms with E-state index in [2.05, 4.69) is 50.9 Å². The number of hydrogen-bond acceptors (Lipinski definition) is 0. The van der Waals surface area contributed by atoms with E-state index in [9.17, 15) is 0 Å². The summed E-state index contributed by atoms with van der Waals surface area (Å²) in [5.74, 6) is 0. The van der Waals surface area contributed by atoms with Gasteiger partial charge in [-0.2, -0.15) is 0 Å². The Morgan fingerprint density at radius 3 is 0.667 bits per heavy atom. The summed E-state index contributed by atoms with van der Waals surface area (Å²) in [6, 6.07) is 0. The van der Waals surface area contributed by atoms with E-state index in [-0.39, 0.29) is 0 Å². The van der Waals surface area contributed by atoms with Crippen molar-refractivity contribution in [2.45, 2.75) is 0 Å². The molecule has 0 amide bonds. The molecular formula is Br5La. The molecule has 0 aliphatic carbocycles. The quantitative estimate of drug-likeness (QED) is 0.434. The van der Waals surface area contributed by atoms with Crippen LogP contribution in [0.4, 0.5) is 0 Å². The van der Waals surface area contributed by atoms with E-state index in [1.807, 2.05) is 0 Å². The van der Waals surface area contributed by atoms with Gasteiger partial charge >= 0.3 is 63.0 Å². The molecule has 6 heavy (non-hydrogen) atoms. The first-order chi connectivity index (χ1) is 2.24. The molecule has 0 aliphatic rings. The van der Waals surface area contributed by atoms with Gasteiger partial charge in [0, 0.05) is 0 Å². The third-order valence-corrected chi connectivity index (χ3v) is 0. The molecule has 0 rings (SSSR count). The van der Waals surface area contributed by atoms with Gasteiger partial charge in [-0.05, 0) is 0 Å². The molecule has 38 valence electrons. The fourth-order valence-electron chi connectivity index (χ4n) is 0. The van der Waals surface area contributed by atoms with Gasteiger partial charge in [-0.25, -0.2) is 0 Å². The van der Waals surface area contributed by atoms with Crippen molar-refractivity contribution >= 4 is 50.9 Å². The van der Waals surface area contributed by atoms with Crippen molar-refractivity contribution < 1.29 is 12.1 Å². The molecule has 0 bridgehead atoms. The molecule has 0 atom stereocenters. The Bertz CT molecular complexity index is 37.1. The van der Waals surface area contributed by atoms with Crippen LogP contribution in [0, 0.1) is 12.1 Å². The van der Waals surface area contributed by atoms with Crippen LogP contribution in [-0.2, 0) is 0 Å². The Balaban J connectivity index is 3.73. The molecule has 0 heterocycles. The second-order valence-corrected chi connectivity index (χ2v) is 162. The second kappa shape index (κ2) is 2.68. The van der Waals surface area contributed by atoms with E-state index in [4.69, 9.17) is 0 Å². The van der Waals surface area contributed by atoms with Crippen LogP contribution < -0.4 is 0 Å². The summed E-state index contributed by atoms with van der Waals surface area (Å²) in [5, 5.41) is 0. The van der Waals surface area contributed by atoms with E-state index in [0.29, 0.717) is 0 Å². The molecular weight excluding hydrogens is 538 g/mol. The predicted molar refractivity (Wildman–Crippen MR) is 44.6 cm³/mol.